The molecule has 1 fully saturated rings. The molecule has 2 N–H and O–H groups in total. The normalized spacial score (nSPS) is 17.5. The first kappa shape index (κ1) is 24.2. The van der Waals surface area contributed by atoms with Gasteiger partial charge in [0.25, 0.3) is 5.78 Å². The highest BCUT2D eigenvalue weighted by atomic mass is 19.1. The molecule has 188 valence electrons. The molecule has 0 saturated carbocycles. The van der Waals surface area contributed by atoms with E-state index in [4.69, 9.17) is 4.74 Å². The zero-order valence-electron chi connectivity index (χ0n) is 20.9. The van der Waals surface area contributed by atoms with Gasteiger partial charge in [0.05, 0.1) is 29.8 Å². The Bertz CT molecular complexity index is 1530. The van der Waals surface area contributed by atoms with E-state index in [0.717, 1.165) is 5.56 Å². The molecule has 8 heteroatoms. The van der Waals surface area contributed by atoms with E-state index in [1.807, 2.05) is 32.9 Å². The first-order valence-corrected chi connectivity index (χ1v) is 11.8. The Morgan fingerprint density at radius 2 is 1.76 bits per heavy atom. The summed E-state index contributed by atoms with van der Waals surface area (Å²) in [6.45, 7) is 6.02. The summed E-state index contributed by atoms with van der Waals surface area (Å²) in [6, 6.07) is 16.8. The number of halogens is 1. The summed E-state index contributed by atoms with van der Waals surface area (Å²) in [5, 5.41) is 11.5. The van der Waals surface area contributed by atoms with Crippen LogP contribution in [0.25, 0.3) is 16.8 Å². The zero-order chi connectivity index (χ0) is 26.5. The number of fused-ring (bicyclic) bond motifs is 1. The van der Waals surface area contributed by atoms with Crippen LogP contribution in [0, 0.1) is 5.82 Å². The minimum absolute atomic E-state index is 0.109. The first-order chi connectivity index (χ1) is 17.6. The van der Waals surface area contributed by atoms with Crippen molar-refractivity contribution in [3.8, 4) is 5.75 Å². The number of H-pyrrole nitrogens is 1. The fraction of sp³-hybridized carbons (Fsp3) is 0.207. The van der Waals surface area contributed by atoms with Gasteiger partial charge >= 0.3 is 5.91 Å². The number of para-hydroxylation sites is 2. The van der Waals surface area contributed by atoms with Crippen LogP contribution in [0.15, 0.2) is 72.3 Å². The molecule has 3 aromatic carbocycles. The summed E-state index contributed by atoms with van der Waals surface area (Å²) in [5.41, 5.74) is 2.50. The van der Waals surface area contributed by atoms with Crippen LogP contribution >= 0.6 is 0 Å². The summed E-state index contributed by atoms with van der Waals surface area (Å²) < 4.78 is 19.3. The predicted molar refractivity (Wildman–Crippen MR) is 139 cm³/mol. The first-order valence-electron chi connectivity index (χ1n) is 11.8. The maximum absolute atomic E-state index is 13.8. The van der Waals surface area contributed by atoms with Crippen molar-refractivity contribution in [2.45, 2.75) is 32.2 Å². The van der Waals surface area contributed by atoms with E-state index < -0.39 is 23.5 Å². The molecule has 37 heavy (non-hydrogen) atoms. The Labute approximate surface area is 213 Å². The number of hydrogen-bond donors (Lipinski definition) is 2. The van der Waals surface area contributed by atoms with Crippen LogP contribution < -0.4 is 9.64 Å². The summed E-state index contributed by atoms with van der Waals surface area (Å²) >= 11 is 0. The number of aromatic amines is 1. The fourth-order valence-corrected chi connectivity index (χ4v) is 4.66. The third-order valence-corrected chi connectivity index (χ3v) is 6.52. The Balaban J connectivity index is 1.73. The molecule has 2 heterocycles. The lowest BCUT2D eigenvalue weighted by Crippen LogP contribution is -2.30. The van der Waals surface area contributed by atoms with Gasteiger partial charge in [0.2, 0.25) is 5.95 Å². The van der Waals surface area contributed by atoms with Crippen LogP contribution in [0.3, 0.4) is 0 Å². The zero-order valence-corrected chi connectivity index (χ0v) is 20.9. The Morgan fingerprint density at radius 1 is 1.05 bits per heavy atom. The molecule has 5 rings (SSSR count). The minimum Gasteiger partial charge on any atom is -0.507 e. The van der Waals surface area contributed by atoms with Gasteiger partial charge < -0.3 is 14.8 Å². The molecule has 1 unspecified atom stereocenters. The average molecular weight is 500 g/mol. The number of anilines is 1. The summed E-state index contributed by atoms with van der Waals surface area (Å²) in [4.78, 5) is 35.6. The number of aromatic nitrogens is 2. The summed E-state index contributed by atoms with van der Waals surface area (Å²) in [5.74, 6) is -1.71. The number of ether oxygens (including phenoxy) is 1. The minimum atomic E-state index is -1.03. The number of hydrogen-bond acceptors (Lipinski definition) is 5. The van der Waals surface area contributed by atoms with Gasteiger partial charge in [-0.1, -0.05) is 45.0 Å². The van der Waals surface area contributed by atoms with E-state index in [2.05, 4.69) is 9.97 Å². The lowest BCUT2D eigenvalue weighted by atomic mass is 9.84. The number of ketones is 1. The summed E-state index contributed by atoms with van der Waals surface area (Å²) in [6.07, 6.45) is 0. The van der Waals surface area contributed by atoms with Gasteiger partial charge in [0.15, 0.2) is 0 Å². The molecule has 1 saturated heterocycles. The quantitative estimate of drug-likeness (QED) is 0.215. The number of amides is 1. The van der Waals surface area contributed by atoms with Crippen LogP contribution in [-0.2, 0) is 15.0 Å². The molecular weight excluding hydrogens is 473 g/mol. The number of benzene rings is 3. The smallest absolute Gasteiger partial charge is 0.302 e. The van der Waals surface area contributed by atoms with Crippen molar-refractivity contribution in [3.63, 3.8) is 0 Å². The van der Waals surface area contributed by atoms with Crippen molar-refractivity contribution in [2.75, 3.05) is 12.0 Å². The molecule has 1 aliphatic heterocycles. The summed E-state index contributed by atoms with van der Waals surface area (Å²) in [7, 11) is 1.57. The van der Waals surface area contributed by atoms with Gasteiger partial charge in [-0.2, -0.15) is 0 Å². The number of carbonyl (C=O) groups is 2. The third-order valence-electron chi connectivity index (χ3n) is 6.52. The van der Waals surface area contributed by atoms with Crippen LogP contribution in [-0.4, -0.2) is 33.9 Å². The molecular formula is C29H26FN3O4. The third kappa shape index (κ3) is 4.14. The number of aliphatic hydroxyl groups is 1. The standard InChI is InChI=1S/C29H26FN3O4/c1-29(2,3)19-15-17(11-14-22(19)37-4)25(34)23-24(16-9-12-18(30)13-10-16)33(27(36)26(23)35)28-31-20-7-5-6-8-21(20)32-28/h5-15,24,34H,1-4H3,(H,31,32)/b25-23+. The molecule has 4 aromatic rings. The van der Waals surface area contributed by atoms with E-state index in [1.54, 1.807) is 37.4 Å². The molecule has 1 aliphatic rings. The molecule has 0 spiro atoms. The second-order valence-corrected chi connectivity index (χ2v) is 9.96. The van der Waals surface area contributed by atoms with Gasteiger partial charge in [0.1, 0.15) is 17.3 Å². The van der Waals surface area contributed by atoms with Crippen LogP contribution in [0.2, 0.25) is 0 Å². The predicted octanol–water partition coefficient (Wildman–Crippen LogP) is 5.63. The van der Waals surface area contributed by atoms with Gasteiger partial charge in [-0.15, -0.1) is 0 Å². The van der Waals surface area contributed by atoms with E-state index in [1.165, 1.54) is 29.2 Å². The lowest BCUT2D eigenvalue weighted by Gasteiger charge is -2.24. The van der Waals surface area contributed by atoms with Crippen molar-refractivity contribution >= 4 is 34.4 Å². The molecule has 0 bridgehead atoms. The number of imidazole rings is 1. The monoisotopic (exact) mass is 499 g/mol. The molecule has 0 radical (unpaired) electrons. The Kier molecular flexibility index (Phi) is 5.82. The molecule has 0 aliphatic carbocycles. The number of aliphatic hydroxyl groups excluding tert-OH is 1. The molecule has 1 aromatic heterocycles. The second-order valence-electron chi connectivity index (χ2n) is 9.96. The van der Waals surface area contributed by atoms with Gasteiger partial charge in [-0.3, -0.25) is 14.5 Å². The SMILES string of the molecule is COc1ccc(/C(O)=C2\C(=O)C(=O)N(c3nc4ccccc4[nH]3)C2c2ccc(F)cc2)cc1C(C)(C)C. The molecule has 1 atom stereocenters. The second kappa shape index (κ2) is 8.89. The van der Waals surface area contributed by atoms with Gasteiger partial charge in [-0.25, -0.2) is 9.37 Å². The van der Waals surface area contributed by atoms with Crippen molar-refractivity contribution < 1.29 is 23.8 Å². The highest BCUT2D eigenvalue weighted by Crippen LogP contribution is 2.42. The number of rotatable bonds is 4. The Morgan fingerprint density at radius 3 is 2.41 bits per heavy atom. The maximum atomic E-state index is 13.8. The number of Topliss-reactive ketones (excluding diaryl/α,β-unsaturated/α-hetero) is 1. The van der Waals surface area contributed by atoms with Crippen LogP contribution in [0.4, 0.5) is 10.3 Å². The van der Waals surface area contributed by atoms with Crippen molar-refractivity contribution in [2.24, 2.45) is 0 Å². The van der Waals surface area contributed by atoms with Crippen LogP contribution in [0.5, 0.6) is 5.75 Å². The molecule has 1 amide bonds. The van der Waals surface area contributed by atoms with Gasteiger partial charge in [-0.05, 0) is 53.4 Å². The number of carbonyl (C=O) groups excluding carboxylic acids is 2. The fourth-order valence-electron chi connectivity index (χ4n) is 4.66. The highest BCUT2D eigenvalue weighted by molar-refractivity contribution is 6.51. The van der Waals surface area contributed by atoms with E-state index in [-0.39, 0.29) is 22.7 Å². The number of nitrogens with zero attached hydrogens (tertiary/aromatic N) is 2. The van der Waals surface area contributed by atoms with Gasteiger partial charge in [0, 0.05) is 11.1 Å². The average Bonchev–Trinajstić information content (AvgIpc) is 3.41. The van der Waals surface area contributed by atoms with Crippen LogP contribution in [0.1, 0.15) is 43.5 Å². The lowest BCUT2D eigenvalue weighted by molar-refractivity contribution is -0.132. The van der Waals surface area contributed by atoms with Crippen molar-refractivity contribution in [1.29, 1.82) is 0 Å². The van der Waals surface area contributed by atoms with Crippen molar-refractivity contribution in [1.82, 2.24) is 9.97 Å². The Hall–Kier alpha value is -4.46. The van der Waals surface area contributed by atoms with E-state index >= 15 is 0 Å². The molecule has 7 nitrogen and oxygen atoms in total. The topological polar surface area (TPSA) is 95.5 Å². The largest absolute Gasteiger partial charge is 0.507 e. The van der Waals surface area contributed by atoms with E-state index in [9.17, 15) is 19.1 Å². The highest BCUT2D eigenvalue weighted by Gasteiger charge is 2.48. The maximum Gasteiger partial charge on any atom is 0.302 e. The van der Waals surface area contributed by atoms with E-state index in [0.29, 0.717) is 27.9 Å². The van der Waals surface area contributed by atoms with Crippen molar-refractivity contribution in [3.05, 3.63) is 94.8 Å². The number of nitrogens with one attached hydrogen (secondary N) is 1. The number of methoxy groups -OCH3 is 1.